The van der Waals surface area contributed by atoms with Crippen LogP contribution in [0, 0.1) is 0 Å². The summed E-state index contributed by atoms with van der Waals surface area (Å²) in [4.78, 5) is 68.6. The van der Waals surface area contributed by atoms with E-state index in [0.29, 0.717) is 59.3 Å². The minimum atomic E-state index is -0.997. The van der Waals surface area contributed by atoms with Crippen LogP contribution in [0.5, 0.6) is 0 Å². The number of amides is 5. The van der Waals surface area contributed by atoms with Crippen LogP contribution in [0.4, 0.5) is 37.8 Å². The number of piperidine rings is 2. The van der Waals surface area contributed by atoms with Gasteiger partial charge in [0.2, 0.25) is 5.91 Å². The fraction of sp³-hybridized carbons (Fsp3) is 0.500. The van der Waals surface area contributed by atoms with Crippen molar-refractivity contribution in [1.29, 1.82) is 0 Å². The molecule has 2 aromatic carbocycles. The van der Waals surface area contributed by atoms with Crippen molar-refractivity contribution < 1.29 is 23.6 Å². The third-order valence-electron chi connectivity index (χ3n) is 13.7. The largest absolute Gasteiger partial charge is 0.385 e. The zero-order valence-electron chi connectivity index (χ0n) is 34.9. The second-order valence-electron chi connectivity index (χ2n) is 17.3. The monoisotopic (exact) mass is 866 g/mol. The summed E-state index contributed by atoms with van der Waals surface area (Å²) in [5.41, 5.74) is 6.21. The first-order valence-corrected chi connectivity index (χ1v) is 22.4. The van der Waals surface area contributed by atoms with Gasteiger partial charge in [-0.2, -0.15) is 0 Å². The predicted molar refractivity (Wildman–Crippen MR) is 235 cm³/mol. The SMILES string of the molecule is CNc1cc(N2CCc3c(N4CCN(C5CCN(C6CCN(C(=O)c7ccc(Cl)c(N8CCC(=O)NC8=O)c7)CC6)CC5)CC4)cccc32)nn2c(C(=O)N[C@@H]3C[C@@H]3F)cnc12. The molecule has 62 heavy (non-hydrogen) atoms. The Balaban J connectivity index is 0.721. The zero-order chi connectivity index (χ0) is 42.6. The average Bonchev–Trinajstić information content (AvgIpc) is 3.60. The smallest absolute Gasteiger partial charge is 0.328 e. The Kier molecular flexibility index (Phi) is 10.9. The molecule has 7 heterocycles. The number of imidazole rings is 1. The first kappa shape index (κ1) is 40.5. The van der Waals surface area contributed by atoms with Crippen LogP contribution in [-0.4, -0.2) is 150 Å². The van der Waals surface area contributed by atoms with Gasteiger partial charge in [-0.1, -0.05) is 17.7 Å². The number of anilines is 5. The molecular weight excluding hydrogens is 815 g/mol. The number of benzene rings is 2. The zero-order valence-corrected chi connectivity index (χ0v) is 35.6. The van der Waals surface area contributed by atoms with Crippen molar-refractivity contribution in [2.75, 3.05) is 92.5 Å². The molecule has 4 aromatic rings. The number of piperazine rings is 1. The van der Waals surface area contributed by atoms with Gasteiger partial charge in [-0.15, -0.1) is 5.10 Å². The molecule has 0 spiro atoms. The van der Waals surface area contributed by atoms with E-state index in [1.165, 1.54) is 22.3 Å². The van der Waals surface area contributed by atoms with Gasteiger partial charge < -0.3 is 30.2 Å². The molecule has 16 nitrogen and oxygen atoms in total. The molecule has 10 rings (SSSR count). The van der Waals surface area contributed by atoms with E-state index >= 15 is 0 Å². The summed E-state index contributed by atoms with van der Waals surface area (Å²) < 4.78 is 15.1. The Morgan fingerprint density at radius 1 is 0.823 bits per heavy atom. The summed E-state index contributed by atoms with van der Waals surface area (Å²) in [5, 5.41) is 13.6. The Hall–Kier alpha value is -5.52. The van der Waals surface area contributed by atoms with Crippen molar-refractivity contribution in [3.8, 4) is 0 Å². The molecular formula is C44H52ClFN12O4. The quantitative estimate of drug-likeness (QED) is 0.221. The fourth-order valence-corrected chi connectivity index (χ4v) is 10.4. The average molecular weight is 867 g/mol. The highest BCUT2D eigenvalue weighted by atomic mass is 35.5. The van der Waals surface area contributed by atoms with Gasteiger partial charge >= 0.3 is 6.03 Å². The molecule has 1 saturated carbocycles. The summed E-state index contributed by atoms with van der Waals surface area (Å²) in [7, 11) is 1.83. The number of likely N-dealkylation sites (tertiary alicyclic amines) is 2. The Bertz CT molecular complexity index is 2410. The number of fused-ring (bicyclic) bond motifs is 2. The lowest BCUT2D eigenvalue weighted by Gasteiger charge is -2.46. The van der Waals surface area contributed by atoms with Gasteiger partial charge in [-0.3, -0.25) is 29.5 Å². The van der Waals surface area contributed by atoms with E-state index < -0.39 is 18.2 Å². The van der Waals surface area contributed by atoms with E-state index in [1.807, 2.05) is 18.0 Å². The molecule has 18 heteroatoms. The number of hydrogen-bond donors (Lipinski definition) is 3. The number of carbonyl (C=O) groups is 4. The topological polar surface area (TPSA) is 154 Å². The Labute approximate surface area is 364 Å². The van der Waals surface area contributed by atoms with E-state index in [0.717, 1.165) is 89.3 Å². The van der Waals surface area contributed by atoms with Crippen LogP contribution in [0.25, 0.3) is 5.65 Å². The van der Waals surface area contributed by atoms with Crippen molar-refractivity contribution in [3.05, 3.63) is 70.5 Å². The van der Waals surface area contributed by atoms with Gasteiger partial charge in [0.25, 0.3) is 11.8 Å². The molecule has 2 aromatic heterocycles. The molecule has 5 fully saturated rings. The number of nitrogens with zero attached hydrogens (tertiary/aromatic N) is 9. The summed E-state index contributed by atoms with van der Waals surface area (Å²) in [6.45, 7) is 8.43. The maximum Gasteiger partial charge on any atom is 0.328 e. The summed E-state index contributed by atoms with van der Waals surface area (Å²) in [5.74, 6) is -0.0499. The molecule has 5 aliphatic heterocycles. The van der Waals surface area contributed by atoms with Crippen LogP contribution in [0.2, 0.25) is 5.02 Å². The molecule has 0 radical (unpaired) electrons. The van der Waals surface area contributed by atoms with Gasteiger partial charge in [0.15, 0.2) is 17.2 Å². The van der Waals surface area contributed by atoms with Crippen molar-refractivity contribution in [2.24, 2.45) is 0 Å². The number of rotatable bonds is 9. The number of hydrogen-bond acceptors (Lipinski definition) is 11. The summed E-state index contributed by atoms with van der Waals surface area (Å²) >= 11 is 6.43. The predicted octanol–water partition coefficient (Wildman–Crippen LogP) is 4.30. The molecule has 2 atom stereocenters. The molecule has 4 saturated heterocycles. The van der Waals surface area contributed by atoms with Crippen molar-refractivity contribution in [3.63, 3.8) is 0 Å². The molecule has 3 N–H and O–H groups in total. The number of urea groups is 1. The number of alkyl halides is 1. The van der Waals surface area contributed by atoms with Crippen molar-refractivity contribution in [1.82, 2.24) is 39.9 Å². The third-order valence-corrected chi connectivity index (χ3v) is 14.1. The van der Waals surface area contributed by atoms with Gasteiger partial charge in [0, 0.05) is 113 Å². The van der Waals surface area contributed by atoms with E-state index in [1.54, 1.807) is 22.7 Å². The van der Waals surface area contributed by atoms with Crippen LogP contribution in [0.3, 0.4) is 0 Å². The lowest BCUT2D eigenvalue weighted by atomic mass is 9.96. The van der Waals surface area contributed by atoms with E-state index in [-0.39, 0.29) is 36.4 Å². The van der Waals surface area contributed by atoms with Gasteiger partial charge in [0.1, 0.15) is 6.17 Å². The number of aromatic nitrogens is 3. The highest BCUT2D eigenvalue weighted by molar-refractivity contribution is 6.34. The van der Waals surface area contributed by atoms with Crippen LogP contribution in [0.1, 0.15) is 64.9 Å². The summed E-state index contributed by atoms with van der Waals surface area (Å²) in [6.07, 6.45) is 6.04. The van der Waals surface area contributed by atoms with Crippen LogP contribution in [0.15, 0.2) is 48.7 Å². The minimum Gasteiger partial charge on any atom is -0.385 e. The van der Waals surface area contributed by atoms with E-state index in [2.05, 4.69) is 58.7 Å². The number of imide groups is 1. The highest BCUT2D eigenvalue weighted by Gasteiger charge is 2.40. The van der Waals surface area contributed by atoms with Crippen LogP contribution in [-0.2, 0) is 11.2 Å². The Morgan fingerprint density at radius 2 is 1.52 bits per heavy atom. The minimum absolute atomic E-state index is 0.0670. The normalized spacial score (nSPS) is 22.9. The summed E-state index contributed by atoms with van der Waals surface area (Å²) in [6, 6.07) is 13.6. The molecule has 1 aliphatic carbocycles. The van der Waals surface area contributed by atoms with Crippen molar-refractivity contribution in [2.45, 2.75) is 69.2 Å². The maximum atomic E-state index is 13.6. The molecule has 0 unspecified atom stereocenters. The van der Waals surface area contributed by atoms with Gasteiger partial charge in [-0.25, -0.2) is 18.7 Å². The Morgan fingerprint density at radius 3 is 2.23 bits per heavy atom. The lowest BCUT2D eigenvalue weighted by molar-refractivity contribution is -0.120. The van der Waals surface area contributed by atoms with Gasteiger partial charge in [-0.05, 0) is 75.5 Å². The lowest BCUT2D eigenvalue weighted by Crippen LogP contribution is -2.55. The molecule has 6 aliphatic rings. The standard InChI is InChI=1S/C44H52ClFN12O4/c1-47-34-25-39(51-58-38(26-48-41(34)58)42(60)49-33-24-32(33)46)56-17-11-30-35(3-2-4-36(30)56)54-21-19-53(20-22-54)29-7-13-52(14-8-29)28-9-15-55(16-10-28)43(61)27-5-6-31(45)37(23-27)57-18-12-40(59)50-44(57)62/h2-6,23,25-26,28-29,32-33,47H,7-22,24H2,1H3,(H,49,60)(H,50,59,62)/t32-,33+/m0/s1. The second-order valence-corrected chi connectivity index (χ2v) is 17.7. The maximum absolute atomic E-state index is 13.6. The molecule has 0 bridgehead atoms. The van der Waals surface area contributed by atoms with Crippen LogP contribution >= 0.6 is 11.6 Å². The third kappa shape index (κ3) is 7.68. The number of halogens is 2. The molecule has 326 valence electrons. The second kappa shape index (κ2) is 16.6. The van der Waals surface area contributed by atoms with E-state index in [9.17, 15) is 23.6 Å². The van der Waals surface area contributed by atoms with Crippen molar-refractivity contribution >= 4 is 69.6 Å². The van der Waals surface area contributed by atoms with Gasteiger partial charge in [0.05, 0.1) is 28.6 Å². The first-order chi connectivity index (χ1) is 30.1. The molecule has 5 amide bonds. The number of nitrogens with one attached hydrogen (secondary N) is 3. The highest BCUT2D eigenvalue weighted by Crippen LogP contribution is 2.41. The number of carbonyl (C=O) groups excluding carboxylic acids is 4. The fourth-order valence-electron chi connectivity index (χ4n) is 10.1. The van der Waals surface area contributed by atoms with E-state index in [4.69, 9.17) is 16.7 Å². The van der Waals surface area contributed by atoms with Crippen LogP contribution < -0.4 is 30.7 Å². The first-order valence-electron chi connectivity index (χ1n) is 22.0.